The van der Waals surface area contributed by atoms with Gasteiger partial charge in [-0.1, -0.05) is 0 Å². The van der Waals surface area contributed by atoms with Crippen LogP contribution in [-0.4, -0.2) is 26.5 Å². The van der Waals surface area contributed by atoms with Gasteiger partial charge in [0.2, 0.25) is 0 Å². The Labute approximate surface area is 58.5 Å². The maximum absolute atomic E-state index is 8.84. The quantitative estimate of drug-likeness (QED) is 0.584. The highest BCUT2D eigenvalue weighted by Crippen LogP contribution is 2.21. The molecule has 54 valence electrons. The van der Waals surface area contributed by atoms with Gasteiger partial charge in [-0.15, -0.1) is 0 Å². The van der Waals surface area contributed by atoms with Gasteiger partial charge in [0.1, 0.15) is 12.2 Å². The van der Waals surface area contributed by atoms with Crippen molar-refractivity contribution >= 4 is 0 Å². The van der Waals surface area contributed by atoms with Crippen LogP contribution < -0.4 is 0 Å². The van der Waals surface area contributed by atoms with Crippen molar-refractivity contribution in [3.05, 3.63) is 12.2 Å². The van der Waals surface area contributed by atoms with E-state index in [9.17, 15) is 0 Å². The number of aliphatic hydroxyl groups excluding tert-OH is 1. The third kappa shape index (κ3) is 0.654. The number of hydrogen-bond acceptors (Lipinski definition) is 3. The lowest BCUT2D eigenvalue weighted by Gasteiger charge is -2.04. The van der Waals surface area contributed by atoms with Crippen molar-refractivity contribution in [3.8, 4) is 0 Å². The van der Waals surface area contributed by atoms with E-state index in [-0.39, 0.29) is 12.6 Å². The molecule has 1 N–H and O–H groups in total. The van der Waals surface area contributed by atoms with Crippen LogP contribution in [0.15, 0.2) is 6.33 Å². The van der Waals surface area contributed by atoms with Gasteiger partial charge in [-0.2, -0.15) is 5.10 Å². The molecule has 0 spiro atoms. The molecule has 2 rings (SSSR count). The molecule has 4 nitrogen and oxygen atoms in total. The summed E-state index contributed by atoms with van der Waals surface area (Å²) in [6.45, 7) is 0.177. The van der Waals surface area contributed by atoms with E-state index in [4.69, 9.17) is 5.11 Å². The summed E-state index contributed by atoms with van der Waals surface area (Å²) in [6.07, 6.45) is 3.47. The molecule has 1 atom stereocenters. The normalized spacial score (nSPS) is 23.1. The Hall–Kier alpha value is -0.900. The highest BCUT2D eigenvalue weighted by molar-refractivity contribution is 4.94. The first-order valence-electron chi connectivity index (χ1n) is 3.41. The van der Waals surface area contributed by atoms with Gasteiger partial charge in [-0.3, -0.25) is 0 Å². The maximum atomic E-state index is 8.84. The number of fused-ring (bicyclic) bond motifs is 1. The molecule has 0 radical (unpaired) electrons. The molecule has 1 aliphatic rings. The summed E-state index contributed by atoms with van der Waals surface area (Å²) in [4.78, 5) is 4.04. The van der Waals surface area contributed by atoms with Crippen LogP contribution in [0.25, 0.3) is 0 Å². The van der Waals surface area contributed by atoms with Crippen LogP contribution in [0.1, 0.15) is 18.3 Å². The Morgan fingerprint density at radius 1 is 1.80 bits per heavy atom. The Balaban J connectivity index is 2.34. The lowest BCUT2D eigenvalue weighted by molar-refractivity contribution is 0.224. The van der Waals surface area contributed by atoms with E-state index >= 15 is 0 Å². The predicted octanol–water partition coefficient (Wildman–Crippen LogP) is -0.242. The Bertz CT molecular complexity index is 233. The van der Waals surface area contributed by atoms with Gasteiger partial charge in [0, 0.05) is 6.42 Å². The van der Waals surface area contributed by atoms with Gasteiger partial charge in [0.15, 0.2) is 0 Å². The Kier molecular flexibility index (Phi) is 1.20. The summed E-state index contributed by atoms with van der Waals surface area (Å²) < 4.78 is 1.81. The third-order valence-corrected chi connectivity index (χ3v) is 1.91. The minimum absolute atomic E-state index is 0.177. The fourth-order valence-electron chi connectivity index (χ4n) is 1.34. The fraction of sp³-hybridized carbons (Fsp3) is 0.667. The van der Waals surface area contributed by atoms with Gasteiger partial charge in [0.05, 0.1) is 12.6 Å². The van der Waals surface area contributed by atoms with Crippen molar-refractivity contribution in [3.63, 3.8) is 0 Å². The summed E-state index contributed by atoms with van der Waals surface area (Å²) >= 11 is 0. The smallest absolute Gasteiger partial charge is 0.138 e. The topological polar surface area (TPSA) is 50.9 Å². The zero-order valence-electron chi connectivity index (χ0n) is 5.56. The summed E-state index contributed by atoms with van der Waals surface area (Å²) in [5.41, 5.74) is 0. The summed E-state index contributed by atoms with van der Waals surface area (Å²) in [5.74, 6) is 0.999. The Morgan fingerprint density at radius 2 is 2.70 bits per heavy atom. The number of aromatic nitrogens is 3. The fourth-order valence-corrected chi connectivity index (χ4v) is 1.34. The lowest BCUT2D eigenvalue weighted by atomic mass is 10.2. The number of nitrogens with zero attached hydrogens (tertiary/aromatic N) is 3. The molecule has 0 saturated carbocycles. The minimum atomic E-state index is 0.177. The first-order chi connectivity index (χ1) is 4.92. The average molecular weight is 139 g/mol. The SMILES string of the molecule is OC[C@H]1CCc2ncnn21. The average Bonchev–Trinajstić information content (AvgIpc) is 2.44. The van der Waals surface area contributed by atoms with E-state index < -0.39 is 0 Å². The van der Waals surface area contributed by atoms with Gasteiger partial charge >= 0.3 is 0 Å². The first kappa shape index (κ1) is 5.85. The van der Waals surface area contributed by atoms with Gasteiger partial charge < -0.3 is 5.11 Å². The summed E-state index contributed by atoms with van der Waals surface area (Å²) in [7, 11) is 0. The van der Waals surface area contributed by atoms with Crippen LogP contribution in [0, 0.1) is 0 Å². The molecule has 0 fully saturated rings. The molecular formula is C6H9N3O. The molecule has 1 aromatic rings. The lowest BCUT2D eigenvalue weighted by Crippen LogP contribution is -2.09. The van der Waals surface area contributed by atoms with E-state index in [1.165, 1.54) is 6.33 Å². The predicted molar refractivity (Wildman–Crippen MR) is 34.5 cm³/mol. The summed E-state index contributed by atoms with van der Waals surface area (Å²) in [5, 5.41) is 12.8. The zero-order valence-corrected chi connectivity index (χ0v) is 5.56. The van der Waals surface area contributed by atoms with E-state index in [0.717, 1.165) is 18.7 Å². The molecule has 0 saturated heterocycles. The second kappa shape index (κ2) is 2.05. The van der Waals surface area contributed by atoms with E-state index in [0.29, 0.717) is 0 Å². The van der Waals surface area contributed by atoms with Crippen LogP contribution in [0.2, 0.25) is 0 Å². The molecule has 2 heterocycles. The molecule has 0 aromatic carbocycles. The Morgan fingerprint density at radius 3 is 3.50 bits per heavy atom. The number of hydrogen-bond donors (Lipinski definition) is 1. The van der Waals surface area contributed by atoms with Crippen molar-refractivity contribution < 1.29 is 5.11 Å². The second-order valence-electron chi connectivity index (χ2n) is 2.50. The van der Waals surface area contributed by atoms with Gasteiger partial charge in [-0.25, -0.2) is 9.67 Å². The second-order valence-corrected chi connectivity index (χ2v) is 2.50. The monoisotopic (exact) mass is 139 g/mol. The van der Waals surface area contributed by atoms with E-state index in [1.54, 1.807) is 4.68 Å². The summed E-state index contributed by atoms with van der Waals surface area (Å²) in [6, 6.07) is 0.178. The number of rotatable bonds is 1. The first-order valence-corrected chi connectivity index (χ1v) is 3.41. The molecule has 1 aliphatic heterocycles. The highest BCUT2D eigenvalue weighted by Gasteiger charge is 2.22. The van der Waals surface area contributed by atoms with E-state index in [1.807, 2.05) is 0 Å². The van der Waals surface area contributed by atoms with Crippen molar-refractivity contribution in [2.45, 2.75) is 18.9 Å². The van der Waals surface area contributed by atoms with Crippen molar-refractivity contribution in [1.29, 1.82) is 0 Å². The van der Waals surface area contributed by atoms with Crippen LogP contribution >= 0.6 is 0 Å². The molecule has 0 bridgehead atoms. The number of aryl methyl sites for hydroxylation is 1. The molecule has 10 heavy (non-hydrogen) atoms. The van der Waals surface area contributed by atoms with Crippen LogP contribution in [-0.2, 0) is 6.42 Å². The molecule has 0 amide bonds. The highest BCUT2D eigenvalue weighted by atomic mass is 16.3. The van der Waals surface area contributed by atoms with Crippen LogP contribution in [0.4, 0.5) is 0 Å². The maximum Gasteiger partial charge on any atom is 0.138 e. The van der Waals surface area contributed by atoms with Crippen molar-refractivity contribution in [2.24, 2.45) is 0 Å². The number of aliphatic hydroxyl groups is 1. The largest absolute Gasteiger partial charge is 0.394 e. The molecule has 4 heteroatoms. The van der Waals surface area contributed by atoms with Crippen LogP contribution in [0.3, 0.4) is 0 Å². The third-order valence-electron chi connectivity index (χ3n) is 1.91. The molecule has 0 aliphatic carbocycles. The zero-order chi connectivity index (χ0) is 6.97. The van der Waals surface area contributed by atoms with Crippen molar-refractivity contribution in [1.82, 2.24) is 14.8 Å². The van der Waals surface area contributed by atoms with E-state index in [2.05, 4.69) is 10.1 Å². The van der Waals surface area contributed by atoms with Crippen LogP contribution in [0.5, 0.6) is 0 Å². The minimum Gasteiger partial charge on any atom is -0.394 e. The van der Waals surface area contributed by atoms with Gasteiger partial charge in [0.25, 0.3) is 0 Å². The standard InChI is InChI=1S/C6H9N3O/c10-3-5-1-2-6-7-4-8-9(5)6/h4-5,10H,1-3H2/t5-/m1/s1. The molecule has 0 unspecified atom stereocenters. The van der Waals surface area contributed by atoms with Crippen molar-refractivity contribution in [2.75, 3.05) is 6.61 Å². The van der Waals surface area contributed by atoms with Gasteiger partial charge in [-0.05, 0) is 6.42 Å². The molecular weight excluding hydrogens is 130 g/mol. The molecule has 1 aromatic heterocycles.